The molecule has 2 N–H and O–H groups in total. The van der Waals surface area contributed by atoms with Crippen LogP contribution in [0.5, 0.6) is 0 Å². The molecular formula is C27H29F3N6O5S. The molecule has 0 bridgehead atoms. The summed E-state index contributed by atoms with van der Waals surface area (Å²) in [6.07, 6.45) is 0.440. The van der Waals surface area contributed by atoms with Crippen molar-refractivity contribution >= 4 is 23.3 Å². The fraction of sp³-hybridized carbons (Fsp3) is 0.370. The van der Waals surface area contributed by atoms with Gasteiger partial charge in [-0.1, -0.05) is 36.4 Å². The topological polar surface area (TPSA) is 140 Å². The zero-order chi connectivity index (χ0) is 30.7. The monoisotopic (exact) mass is 606 g/mol. The van der Waals surface area contributed by atoms with Crippen molar-refractivity contribution in [3.63, 3.8) is 0 Å². The summed E-state index contributed by atoms with van der Waals surface area (Å²) in [5.74, 6) is -0.482. The van der Waals surface area contributed by atoms with Gasteiger partial charge < -0.3 is 20.5 Å². The quantitative estimate of drug-likeness (QED) is 0.181. The van der Waals surface area contributed by atoms with Gasteiger partial charge in [0.25, 0.3) is 10.8 Å². The van der Waals surface area contributed by atoms with Crippen molar-refractivity contribution in [1.29, 1.82) is 0 Å². The Hall–Kier alpha value is -3.79. The van der Waals surface area contributed by atoms with E-state index in [9.17, 15) is 38.5 Å². The Bertz CT molecular complexity index is 1460. The van der Waals surface area contributed by atoms with E-state index < -0.39 is 39.0 Å². The number of nitrogens with one attached hydrogen (secondary N) is 1. The van der Waals surface area contributed by atoms with Gasteiger partial charge in [0.1, 0.15) is 6.20 Å². The van der Waals surface area contributed by atoms with E-state index in [-0.39, 0.29) is 34.9 Å². The van der Waals surface area contributed by atoms with Crippen molar-refractivity contribution < 1.29 is 28.1 Å². The van der Waals surface area contributed by atoms with E-state index in [1.165, 1.54) is 41.1 Å². The van der Waals surface area contributed by atoms with Crippen LogP contribution in [0.15, 0.2) is 76.9 Å². The summed E-state index contributed by atoms with van der Waals surface area (Å²) in [6.45, 7) is 4.33. The molecule has 42 heavy (non-hydrogen) atoms. The lowest BCUT2D eigenvalue weighted by Crippen LogP contribution is -2.56. The van der Waals surface area contributed by atoms with Crippen molar-refractivity contribution in [2.75, 3.05) is 19.6 Å². The van der Waals surface area contributed by atoms with Crippen LogP contribution < -0.4 is 5.32 Å². The maximum atomic E-state index is 13.2. The van der Waals surface area contributed by atoms with Gasteiger partial charge in [-0.3, -0.25) is 19.6 Å². The van der Waals surface area contributed by atoms with Gasteiger partial charge in [-0.05, 0) is 59.3 Å². The molecular weight excluding hydrogens is 577 g/mol. The number of nitro benzene ring substituents is 1. The fourth-order valence-electron chi connectivity index (χ4n) is 5.01. The van der Waals surface area contributed by atoms with E-state index in [2.05, 4.69) is 10.3 Å². The Morgan fingerprint density at radius 2 is 1.81 bits per heavy atom. The predicted octanol–water partition coefficient (Wildman–Crippen LogP) is 5.21. The van der Waals surface area contributed by atoms with Gasteiger partial charge in [0.15, 0.2) is 0 Å². The van der Waals surface area contributed by atoms with Crippen LogP contribution in [0.1, 0.15) is 31.0 Å². The van der Waals surface area contributed by atoms with Crippen LogP contribution in [-0.2, 0) is 12.7 Å². The maximum Gasteiger partial charge on any atom is 0.416 e. The molecule has 1 aliphatic heterocycles. The van der Waals surface area contributed by atoms with Crippen LogP contribution in [0.2, 0.25) is 0 Å². The third kappa shape index (κ3) is 7.34. The molecule has 2 unspecified atom stereocenters. The number of halogens is 3. The molecule has 4 rings (SSSR count). The highest BCUT2D eigenvalue weighted by molar-refractivity contribution is 7.99. The number of benzene rings is 2. The summed E-state index contributed by atoms with van der Waals surface area (Å²) in [5, 5.41) is 38.0. The summed E-state index contributed by atoms with van der Waals surface area (Å²) in [7, 11) is 0. The van der Waals surface area contributed by atoms with Crippen molar-refractivity contribution in [1.82, 2.24) is 19.8 Å². The SMILES string of the molecule is CC=C[C@@H]1NCCN(CC(C)(O)Cn2cc([N+](=O)[O-])nc2Sc2ccccc2[N+](=O)[O-])C1c1ccc(C(F)(F)F)cc1. The largest absolute Gasteiger partial charge is 0.416 e. The predicted molar refractivity (Wildman–Crippen MR) is 149 cm³/mol. The highest BCUT2D eigenvalue weighted by atomic mass is 32.2. The molecule has 2 heterocycles. The second-order valence-electron chi connectivity index (χ2n) is 10.1. The summed E-state index contributed by atoms with van der Waals surface area (Å²) >= 11 is 0.872. The summed E-state index contributed by atoms with van der Waals surface area (Å²) in [4.78, 5) is 28.0. The number of nitro groups is 2. The van der Waals surface area contributed by atoms with Crippen LogP contribution in [0.25, 0.3) is 0 Å². The van der Waals surface area contributed by atoms with Crippen molar-refractivity contribution in [2.24, 2.45) is 0 Å². The Morgan fingerprint density at radius 3 is 2.43 bits per heavy atom. The molecule has 0 amide bonds. The van der Waals surface area contributed by atoms with Crippen LogP contribution >= 0.6 is 11.8 Å². The normalized spacial score (nSPS) is 19.6. The number of hydrogen-bond acceptors (Lipinski definition) is 9. The molecule has 0 saturated carbocycles. The Morgan fingerprint density at radius 1 is 1.12 bits per heavy atom. The lowest BCUT2D eigenvalue weighted by Gasteiger charge is -2.44. The summed E-state index contributed by atoms with van der Waals surface area (Å²) in [5.41, 5.74) is -1.82. The van der Waals surface area contributed by atoms with Gasteiger partial charge in [-0.2, -0.15) is 13.2 Å². The van der Waals surface area contributed by atoms with Crippen molar-refractivity contribution in [3.05, 3.63) is 98.2 Å². The van der Waals surface area contributed by atoms with Gasteiger partial charge in [-0.15, -0.1) is 0 Å². The number of β-amino-alcohol motifs (C(OH)–C–C–N with tert-alkyl or cyclic N) is 1. The molecule has 0 aliphatic carbocycles. The fourth-order valence-corrected chi connectivity index (χ4v) is 5.98. The van der Waals surface area contributed by atoms with Crippen molar-refractivity contribution in [3.8, 4) is 0 Å². The van der Waals surface area contributed by atoms with Gasteiger partial charge in [0.05, 0.1) is 33.6 Å². The van der Waals surface area contributed by atoms with Crippen LogP contribution in [-0.4, -0.2) is 60.7 Å². The molecule has 0 spiro atoms. The molecule has 3 atom stereocenters. The number of aromatic nitrogens is 2. The second kappa shape index (κ2) is 12.6. The zero-order valence-electron chi connectivity index (χ0n) is 22.7. The van der Waals surface area contributed by atoms with Crippen LogP contribution in [0.4, 0.5) is 24.7 Å². The van der Waals surface area contributed by atoms with E-state index in [1.807, 2.05) is 24.0 Å². The van der Waals surface area contributed by atoms with E-state index in [0.717, 1.165) is 23.9 Å². The lowest BCUT2D eigenvalue weighted by molar-refractivity contribution is -0.389. The van der Waals surface area contributed by atoms with Crippen molar-refractivity contribution in [2.45, 2.75) is 54.3 Å². The van der Waals surface area contributed by atoms with E-state index in [1.54, 1.807) is 13.0 Å². The number of hydrogen-bond donors (Lipinski definition) is 2. The Balaban J connectivity index is 1.62. The number of nitrogens with zero attached hydrogens (tertiary/aromatic N) is 5. The lowest BCUT2D eigenvalue weighted by atomic mass is 9.92. The third-order valence-corrected chi connectivity index (χ3v) is 7.80. The minimum atomic E-state index is -4.47. The smallest absolute Gasteiger partial charge is 0.387 e. The first-order valence-corrected chi connectivity index (χ1v) is 13.7. The molecule has 1 saturated heterocycles. The highest BCUT2D eigenvalue weighted by Gasteiger charge is 2.37. The van der Waals surface area contributed by atoms with Gasteiger partial charge >= 0.3 is 12.0 Å². The molecule has 1 aliphatic rings. The maximum absolute atomic E-state index is 13.2. The second-order valence-corrected chi connectivity index (χ2v) is 11.1. The van der Waals surface area contributed by atoms with Crippen LogP contribution in [0, 0.1) is 20.2 Å². The van der Waals surface area contributed by atoms with Gasteiger partial charge in [-0.25, -0.2) is 0 Å². The molecule has 0 radical (unpaired) electrons. The van der Waals surface area contributed by atoms with E-state index in [0.29, 0.717) is 18.7 Å². The van der Waals surface area contributed by atoms with Gasteiger partial charge in [0, 0.05) is 31.7 Å². The first kappa shape index (κ1) is 31.2. The number of imidazole rings is 1. The number of aliphatic hydroxyl groups is 1. The highest BCUT2D eigenvalue weighted by Crippen LogP contribution is 2.37. The first-order chi connectivity index (χ1) is 19.8. The number of alkyl halides is 3. The number of allylic oxidation sites excluding steroid dienone is 1. The number of para-hydroxylation sites is 1. The average molecular weight is 607 g/mol. The molecule has 2 aromatic carbocycles. The van der Waals surface area contributed by atoms with E-state index >= 15 is 0 Å². The molecule has 224 valence electrons. The molecule has 3 aromatic rings. The average Bonchev–Trinajstić information content (AvgIpc) is 3.30. The van der Waals surface area contributed by atoms with Gasteiger partial charge in [0.2, 0.25) is 0 Å². The minimum absolute atomic E-state index is 0.0655. The minimum Gasteiger partial charge on any atom is -0.387 e. The zero-order valence-corrected chi connectivity index (χ0v) is 23.5. The summed E-state index contributed by atoms with van der Waals surface area (Å²) < 4.78 is 41.0. The van der Waals surface area contributed by atoms with E-state index in [4.69, 9.17) is 0 Å². The Kier molecular flexibility index (Phi) is 9.35. The molecule has 15 heteroatoms. The third-order valence-electron chi connectivity index (χ3n) is 6.72. The Labute approximate surface area is 243 Å². The number of rotatable bonds is 10. The standard InChI is InChI=1S/C27H29F3N6O5S/c1-3-6-20-24(18-9-11-19(12-10-18)27(28,29)30)33(14-13-31-20)16-26(2,37)17-34-15-23(36(40)41)32-25(34)42-22-8-5-4-7-21(22)35(38)39/h3-12,15,20,24,31,37H,13-14,16-17H2,1-2H3/t20-,24?,26?/m0/s1. The number of piperazine rings is 1. The molecule has 11 nitrogen and oxygen atoms in total. The van der Waals surface area contributed by atoms with Crippen LogP contribution in [0.3, 0.4) is 0 Å². The first-order valence-electron chi connectivity index (χ1n) is 12.9. The molecule has 1 aromatic heterocycles. The molecule has 1 fully saturated rings. The summed E-state index contributed by atoms with van der Waals surface area (Å²) in [6, 6.07) is 10.2.